The van der Waals surface area contributed by atoms with Crippen molar-refractivity contribution in [3.05, 3.63) is 28.3 Å². The molecule has 0 aliphatic heterocycles. The fraction of sp³-hybridized carbons (Fsp3) is 0.182. The number of hydrogen-bond acceptors (Lipinski definition) is 7. The highest BCUT2D eigenvalue weighted by molar-refractivity contribution is 8.02. The molecule has 0 aliphatic rings. The van der Waals surface area contributed by atoms with Crippen LogP contribution in [-0.4, -0.2) is 37.3 Å². The second-order valence-electron chi connectivity index (χ2n) is 3.90. The Morgan fingerprint density at radius 3 is 2.71 bits per heavy atom. The summed E-state index contributed by atoms with van der Waals surface area (Å²) in [4.78, 5) is 36.1. The maximum Gasteiger partial charge on any atom is 0.317 e. The molecule has 2 aromatic rings. The van der Waals surface area contributed by atoms with Gasteiger partial charge < -0.3 is 10.2 Å². The van der Waals surface area contributed by atoms with E-state index in [0.717, 1.165) is 23.1 Å². The molecule has 0 radical (unpaired) electrons. The molecule has 0 fully saturated rings. The summed E-state index contributed by atoms with van der Waals surface area (Å²) in [6.07, 6.45) is -0.558. The molecule has 1 heterocycles. The molecule has 0 spiro atoms. The Bertz CT molecular complexity index is 729. The number of hydrogen-bond donors (Lipinski definition) is 2. The van der Waals surface area contributed by atoms with Crippen molar-refractivity contribution in [2.45, 2.75) is 16.0 Å². The zero-order chi connectivity index (χ0) is 15.6. The number of carboxylic acids is 2. The monoisotopic (exact) mass is 328 g/mol. The fourth-order valence-electron chi connectivity index (χ4n) is 1.57. The Balaban J connectivity index is 2.34. The van der Waals surface area contributed by atoms with Gasteiger partial charge >= 0.3 is 11.9 Å². The number of rotatable bonds is 6. The third kappa shape index (κ3) is 3.47. The summed E-state index contributed by atoms with van der Waals surface area (Å²) in [6, 6.07) is 4.40. The lowest BCUT2D eigenvalue weighted by molar-refractivity contribution is -0.382. The second-order valence-corrected chi connectivity index (χ2v) is 6.35. The van der Waals surface area contributed by atoms with Gasteiger partial charge in [-0.05, 0) is 6.07 Å². The molecule has 21 heavy (non-hydrogen) atoms. The van der Waals surface area contributed by atoms with Crippen LogP contribution in [0.5, 0.6) is 0 Å². The molecule has 8 nitrogen and oxygen atoms in total. The smallest absolute Gasteiger partial charge is 0.317 e. The zero-order valence-electron chi connectivity index (χ0n) is 10.3. The molecule has 0 saturated carbocycles. The van der Waals surface area contributed by atoms with Crippen LogP contribution < -0.4 is 0 Å². The maximum absolute atomic E-state index is 11.0. The van der Waals surface area contributed by atoms with E-state index >= 15 is 0 Å². The Kier molecular flexibility index (Phi) is 4.38. The number of carboxylic acid groups (broad SMARTS) is 2. The number of fused-ring (bicyclic) bond motifs is 1. The van der Waals surface area contributed by atoms with Gasteiger partial charge in [-0.2, -0.15) is 0 Å². The van der Waals surface area contributed by atoms with Crippen molar-refractivity contribution >= 4 is 50.9 Å². The first kappa shape index (κ1) is 15.2. The van der Waals surface area contributed by atoms with E-state index in [9.17, 15) is 19.7 Å². The van der Waals surface area contributed by atoms with Crippen molar-refractivity contribution < 1.29 is 24.7 Å². The molecule has 2 N–H and O–H groups in total. The van der Waals surface area contributed by atoms with Crippen LogP contribution in [0.1, 0.15) is 6.42 Å². The molecule has 1 unspecified atom stereocenters. The zero-order valence-corrected chi connectivity index (χ0v) is 11.9. The van der Waals surface area contributed by atoms with Crippen LogP contribution >= 0.6 is 23.1 Å². The molecule has 0 bridgehead atoms. The number of carbonyl (C=O) groups is 2. The van der Waals surface area contributed by atoms with Gasteiger partial charge in [-0.15, -0.1) is 11.3 Å². The lowest BCUT2D eigenvalue weighted by atomic mass is 10.3. The SMILES string of the molecule is O=C(O)CC(Sc1nc2cccc([N+](=O)[O-])c2s1)C(=O)O. The molecule has 10 heteroatoms. The van der Waals surface area contributed by atoms with Gasteiger partial charge in [-0.3, -0.25) is 19.7 Å². The van der Waals surface area contributed by atoms with Crippen molar-refractivity contribution in [2.75, 3.05) is 0 Å². The number of nitro benzene ring substituents is 1. The van der Waals surface area contributed by atoms with E-state index in [-0.39, 0.29) is 10.0 Å². The molecule has 0 amide bonds. The summed E-state index contributed by atoms with van der Waals surface area (Å²) < 4.78 is 0.623. The van der Waals surface area contributed by atoms with Crippen LogP contribution in [-0.2, 0) is 9.59 Å². The predicted octanol–water partition coefficient (Wildman–Crippen LogP) is 2.22. The van der Waals surface area contributed by atoms with E-state index in [1.54, 1.807) is 6.07 Å². The van der Waals surface area contributed by atoms with E-state index in [1.807, 2.05) is 0 Å². The number of nitro groups is 1. The number of benzene rings is 1. The summed E-state index contributed by atoms with van der Waals surface area (Å²) in [5.74, 6) is -2.50. The molecule has 110 valence electrons. The lowest BCUT2D eigenvalue weighted by Gasteiger charge is -2.06. The topological polar surface area (TPSA) is 131 Å². The summed E-state index contributed by atoms with van der Waals surface area (Å²) in [5.41, 5.74) is 0.276. The first-order chi connectivity index (χ1) is 9.88. The van der Waals surface area contributed by atoms with E-state index in [0.29, 0.717) is 10.2 Å². The van der Waals surface area contributed by atoms with Crippen LogP contribution in [0.3, 0.4) is 0 Å². The lowest BCUT2D eigenvalue weighted by Crippen LogP contribution is -2.20. The van der Waals surface area contributed by atoms with Crippen LogP contribution in [0, 0.1) is 10.1 Å². The Morgan fingerprint density at radius 2 is 2.14 bits per heavy atom. The Labute approximate surface area is 125 Å². The minimum Gasteiger partial charge on any atom is -0.481 e. The molecule has 1 atom stereocenters. The van der Waals surface area contributed by atoms with Crippen molar-refractivity contribution in [2.24, 2.45) is 0 Å². The highest BCUT2D eigenvalue weighted by Gasteiger charge is 2.25. The largest absolute Gasteiger partial charge is 0.481 e. The summed E-state index contributed by atoms with van der Waals surface area (Å²) >= 11 is 1.75. The van der Waals surface area contributed by atoms with Crippen molar-refractivity contribution in [1.82, 2.24) is 4.98 Å². The molecule has 1 aromatic heterocycles. The van der Waals surface area contributed by atoms with Crippen molar-refractivity contribution in [3.63, 3.8) is 0 Å². The van der Waals surface area contributed by atoms with Gasteiger partial charge in [0.25, 0.3) is 5.69 Å². The van der Waals surface area contributed by atoms with E-state index < -0.39 is 28.5 Å². The van der Waals surface area contributed by atoms with Gasteiger partial charge in [0.1, 0.15) is 9.95 Å². The molecule has 0 aliphatic carbocycles. The normalized spacial score (nSPS) is 12.2. The standard InChI is InChI=1S/C11H8N2O6S2/c14-8(15)4-7(10(16)17)20-11-12-5-2-1-3-6(13(18)19)9(5)21-11/h1-3,7H,4H2,(H,14,15)(H,16,17). The van der Waals surface area contributed by atoms with E-state index in [1.165, 1.54) is 12.1 Å². The minimum atomic E-state index is -1.27. The Morgan fingerprint density at radius 1 is 1.43 bits per heavy atom. The van der Waals surface area contributed by atoms with Gasteiger partial charge in [0.15, 0.2) is 4.34 Å². The van der Waals surface area contributed by atoms with Gasteiger partial charge in [0.05, 0.1) is 16.9 Å². The maximum atomic E-state index is 11.0. The minimum absolute atomic E-state index is 0.109. The quantitative estimate of drug-likeness (QED) is 0.469. The van der Waals surface area contributed by atoms with Crippen molar-refractivity contribution in [3.8, 4) is 0 Å². The number of thiazole rings is 1. The van der Waals surface area contributed by atoms with Crippen LogP contribution in [0.15, 0.2) is 22.5 Å². The first-order valence-electron chi connectivity index (χ1n) is 5.53. The number of non-ortho nitro benzene ring substituents is 1. The highest BCUT2D eigenvalue weighted by Crippen LogP contribution is 2.37. The number of aliphatic carboxylic acids is 2. The molecule has 0 saturated heterocycles. The number of nitrogens with zero attached hydrogens (tertiary/aromatic N) is 2. The fourth-order valence-corrected chi connectivity index (χ4v) is 3.86. The second kappa shape index (κ2) is 6.06. The van der Waals surface area contributed by atoms with Gasteiger partial charge in [0, 0.05) is 6.07 Å². The third-order valence-corrected chi connectivity index (χ3v) is 4.82. The van der Waals surface area contributed by atoms with E-state index in [4.69, 9.17) is 10.2 Å². The van der Waals surface area contributed by atoms with Gasteiger partial charge in [0.2, 0.25) is 0 Å². The number of thioether (sulfide) groups is 1. The summed E-state index contributed by atoms with van der Waals surface area (Å²) in [5, 5.41) is 27.4. The van der Waals surface area contributed by atoms with Gasteiger partial charge in [-0.1, -0.05) is 17.8 Å². The first-order valence-corrected chi connectivity index (χ1v) is 7.23. The average molecular weight is 328 g/mol. The van der Waals surface area contributed by atoms with Gasteiger partial charge in [-0.25, -0.2) is 4.98 Å². The molecule has 2 rings (SSSR count). The van der Waals surface area contributed by atoms with Crippen molar-refractivity contribution in [1.29, 1.82) is 0 Å². The van der Waals surface area contributed by atoms with Crippen LogP contribution in [0.2, 0.25) is 0 Å². The molecular weight excluding hydrogens is 320 g/mol. The molecular formula is C11H8N2O6S2. The predicted molar refractivity (Wildman–Crippen MR) is 75.8 cm³/mol. The summed E-state index contributed by atoms with van der Waals surface area (Å²) in [6.45, 7) is 0. The Hall–Kier alpha value is -2.20. The van der Waals surface area contributed by atoms with Crippen LogP contribution in [0.4, 0.5) is 5.69 Å². The van der Waals surface area contributed by atoms with E-state index in [2.05, 4.69) is 4.98 Å². The van der Waals surface area contributed by atoms with Crippen LogP contribution in [0.25, 0.3) is 10.2 Å². The average Bonchev–Trinajstić information content (AvgIpc) is 2.78. The summed E-state index contributed by atoms with van der Waals surface area (Å²) in [7, 11) is 0. The third-order valence-electron chi connectivity index (χ3n) is 2.45. The highest BCUT2D eigenvalue weighted by atomic mass is 32.2. The molecule has 1 aromatic carbocycles. The number of aromatic nitrogens is 1.